The van der Waals surface area contributed by atoms with Crippen molar-refractivity contribution in [1.29, 1.82) is 0 Å². The third kappa shape index (κ3) is 4.69. The Morgan fingerprint density at radius 2 is 1.65 bits per heavy atom. The van der Waals surface area contributed by atoms with Gasteiger partial charge in [0.25, 0.3) is 5.91 Å². The van der Waals surface area contributed by atoms with Gasteiger partial charge in [0.2, 0.25) is 11.8 Å². The van der Waals surface area contributed by atoms with Gasteiger partial charge in [0.05, 0.1) is 6.42 Å². The molecule has 34 heavy (non-hydrogen) atoms. The van der Waals surface area contributed by atoms with Gasteiger partial charge in [-0.1, -0.05) is 35.9 Å². The van der Waals surface area contributed by atoms with Gasteiger partial charge in [0, 0.05) is 54.9 Å². The van der Waals surface area contributed by atoms with Crippen molar-refractivity contribution in [2.45, 2.75) is 32.1 Å². The van der Waals surface area contributed by atoms with Crippen LogP contribution in [0.15, 0.2) is 48.5 Å². The van der Waals surface area contributed by atoms with Gasteiger partial charge < -0.3 is 9.80 Å². The van der Waals surface area contributed by atoms with Crippen LogP contribution in [0.4, 0.5) is 5.69 Å². The number of carbonyl (C=O) groups is 3. The molecule has 1 saturated carbocycles. The van der Waals surface area contributed by atoms with Crippen molar-refractivity contribution in [3.8, 4) is 0 Å². The van der Waals surface area contributed by atoms with Crippen LogP contribution in [0, 0.1) is 11.8 Å². The summed E-state index contributed by atoms with van der Waals surface area (Å²) in [5.74, 6) is 0.273. The molecule has 2 heterocycles. The molecule has 2 aliphatic heterocycles. The van der Waals surface area contributed by atoms with E-state index in [4.69, 9.17) is 11.6 Å². The maximum absolute atomic E-state index is 13.2. The van der Waals surface area contributed by atoms with Crippen molar-refractivity contribution in [1.82, 2.24) is 9.80 Å². The predicted octanol–water partition coefficient (Wildman–Crippen LogP) is 4.02. The molecule has 2 fully saturated rings. The summed E-state index contributed by atoms with van der Waals surface area (Å²) in [6.07, 6.45) is 3.68. The van der Waals surface area contributed by atoms with Crippen molar-refractivity contribution >= 4 is 35.0 Å². The molecule has 3 amide bonds. The molecule has 3 aliphatic rings. The molecule has 7 heteroatoms. The first-order chi connectivity index (χ1) is 16.5. The van der Waals surface area contributed by atoms with Gasteiger partial charge in [0.15, 0.2) is 0 Å². The van der Waals surface area contributed by atoms with Crippen LogP contribution in [-0.2, 0) is 16.0 Å². The Balaban J connectivity index is 1.11. The summed E-state index contributed by atoms with van der Waals surface area (Å²) in [5, 5.41) is 0.727. The third-order valence-electron chi connectivity index (χ3n) is 7.54. The Kier molecular flexibility index (Phi) is 6.59. The molecule has 6 nitrogen and oxygen atoms in total. The number of hydrogen-bond donors (Lipinski definition) is 0. The summed E-state index contributed by atoms with van der Waals surface area (Å²) in [7, 11) is 0. The fourth-order valence-electron chi connectivity index (χ4n) is 5.55. The second kappa shape index (κ2) is 9.79. The van der Waals surface area contributed by atoms with Crippen LogP contribution in [0.5, 0.6) is 0 Å². The fourth-order valence-corrected chi connectivity index (χ4v) is 5.74. The Hall–Kier alpha value is -2.86. The average Bonchev–Trinajstić information content (AvgIpc) is 2.87. The van der Waals surface area contributed by atoms with Crippen LogP contribution in [0.3, 0.4) is 0 Å². The van der Waals surface area contributed by atoms with Crippen LogP contribution in [0.2, 0.25) is 5.02 Å². The molecule has 2 aromatic rings. The lowest BCUT2D eigenvalue weighted by Gasteiger charge is -2.39. The van der Waals surface area contributed by atoms with E-state index in [-0.39, 0.29) is 36.0 Å². The van der Waals surface area contributed by atoms with Crippen LogP contribution < -0.4 is 4.90 Å². The number of rotatable bonds is 4. The first kappa shape index (κ1) is 22.9. The number of hydrogen-bond acceptors (Lipinski definition) is 4. The number of halogens is 1. The number of benzene rings is 2. The van der Waals surface area contributed by atoms with Crippen molar-refractivity contribution in [2.75, 3.05) is 37.6 Å². The zero-order chi connectivity index (χ0) is 23.7. The van der Waals surface area contributed by atoms with E-state index < -0.39 is 0 Å². The number of anilines is 1. The molecule has 178 valence electrons. The van der Waals surface area contributed by atoms with E-state index in [2.05, 4.69) is 11.0 Å². The van der Waals surface area contributed by atoms with Crippen LogP contribution in [0.25, 0.3) is 0 Å². The fraction of sp³-hybridized carbons (Fsp3) is 0.444. The van der Waals surface area contributed by atoms with E-state index in [0.717, 1.165) is 68.1 Å². The van der Waals surface area contributed by atoms with Gasteiger partial charge in [0.1, 0.15) is 0 Å². The summed E-state index contributed by atoms with van der Waals surface area (Å²) in [4.78, 5) is 44.3. The molecule has 1 saturated heterocycles. The Morgan fingerprint density at radius 1 is 0.912 bits per heavy atom. The molecular formula is C27H30ClN3O3. The van der Waals surface area contributed by atoms with Gasteiger partial charge in [-0.25, -0.2) is 0 Å². The monoisotopic (exact) mass is 479 g/mol. The SMILES string of the molecule is O=C(C1CCC(CN2C(=O)Cc3ccccc3C2=O)CC1)N1CCN(c2cccc(Cl)c2)CC1. The predicted molar refractivity (Wildman–Crippen MR) is 132 cm³/mol. The lowest BCUT2D eigenvalue weighted by molar-refractivity contribution is -0.137. The van der Waals surface area contributed by atoms with Crippen molar-refractivity contribution in [3.63, 3.8) is 0 Å². The normalized spacial score (nSPS) is 23.1. The Bertz CT molecular complexity index is 1090. The van der Waals surface area contributed by atoms with E-state index in [1.54, 1.807) is 6.07 Å². The minimum Gasteiger partial charge on any atom is -0.368 e. The third-order valence-corrected chi connectivity index (χ3v) is 7.77. The lowest BCUT2D eigenvalue weighted by Crippen LogP contribution is -2.51. The maximum atomic E-state index is 13.2. The topological polar surface area (TPSA) is 60.9 Å². The van der Waals surface area contributed by atoms with Gasteiger partial charge in [-0.15, -0.1) is 0 Å². The number of fused-ring (bicyclic) bond motifs is 1. The highest BCUT2D eigenvalue weighted by Gasteiger charge is 2.35. The lowest BCUT2D eigenvalue weighted by atomic mass is 9.80. The van der Waals surface area contributed by atoms with E-state index in [1.807, 2.05) is 41.3 Å². The van der Waals surface area contributed by atoms with E-state index in [9.17, 15) is 14.4 Å². The Labute approximate surface area is 205 Å². The molecule has 2 aromatic carbocycles. The minimum atomic E-state index is -0.178. The Morgan fingerprint density at radius 3 is 2.38 bits per heavy atom. The standard InChI is InChI=1S/C27H30ClN3O3/c28-22-5-3-6-23(17-22)29-12-14-30(15-13-29)26(33)20-10-8-19(9-11-20)18-31-25(32)16-21-4-1-2-7-24(21)27(31)34/h1-7,17,19-20H,8-16,18H2. The average molecular weight is 480 g/mol. The first-order valence-corrected chi connectivity index (χ1v) is 12.6. The highest BCUT2D eigenvalue weighted by molar-refractivity contribution is 6.30. The second-order valence-corrected chi connectivity index (χ2v) is 10.1. The van der Waals surface area contributed by atoms with Gasteiger partial charge in [-0.3, -0.25) is 19.3 Å². The molecular weight excluding hydrogens is 450 g/mol. The molecule has 0 N–H and O–H groups in total. The maximum Gasteiger partial charge on any atom is 0.260 e. The van der Waals surface area contributed by atoms with E-state index >= 15 is 0 Å². The molecule has 0 aromatic heterocycles. The summed E-state index contributed by atoms with van der Waals surface area (Å²) in [5.41, 5.74) is 2.56. The van der Waals surface area contributed by atoms with E-state index in [1.165, 1.54) is 4.90 Å². The molecule has 0 bridgehead atoms. The van der Waals surface area contributed by atoms with Crippen molar-refractivity contribution in [3.05, 3.63) is 64.7 Å². The smallest absolute Gasteiger partial charge is 0.260 e. The quantitative estimate of drug-likeness (QED) is 0.621. The largest absolute Gasteiger partial charge is 0.368 e. The second-order valence-electron chi connectivity index (χ2n) is 9.65. The number of imide groups is 1. The van der Waals surface area contributed by atoms with Crippen LogP contribution in [-0.4, -0.2) is 60.2 Å². The molecule has 0 unspecified atom stereocenters. The van der Waals surface area contributed by atoms with Crippen LogP contribution in [0.1, 0.15) is 41.6 Å². The van der Waals surface area contributed by atoms with Crippen molar-refractivity contribution < 1.29 is 14.4 Å². The molecule has 0 spiro atoms. The molecule has 0 atom stereocenters. The zero-order valence-corrected chi connectivity index (χ0v) is 20.0. The van der Waals surface area contributed by atoms with E-state index in [0.29, 0.717) is 12.1 Å². The van der Waals surface area contributed by atoms with Gasteiger partial charge in [-0.05, 0) is 61.4 Å². The molecule has 1 aliphatic carbocycles. The van der Waals surface area contributed by atoms with Gasteiger partial charge in [-0.2, -0.15) is 0 Å². The number of piperazine rings is 1. The summed E-state index contributed by atoms with van der Waals surface area (Å²) in [6, 6.07) is 15.2. The zero-order valence-electron chi connectivity index (χ0n) is 19.3. The van der Waals surface area contributed by atoms with Crippen LogP contribution >= 0.6 is 11.6 Å². The highest BCUT2D eigenvalue weighted by atomic mass is 35.5. The number of carbonyl (C=O) groups excluding carboxylic acids is 3. The summed E-state index contributed by atoms with van der Waals surface area (Å²) in [6.45, 7) is 3.53. The molecule has 0 radical (unpaired) electrons. The highest BCUT2D eigenvalue weighted by Crippen LogP contribution is 2.32. The summed E-state index contributed by atoms with van der Waals surface area (Å²) >= 11 is 6.12. The summed E-state index contributed by atoms with van der Waals surface area (Å²) < 4.78 is 0. The van der Waals surface area contributed by atoms with Gasteiger partial charge >= 0.3 is 0 Å². The van der Waals surface area contributed by atoms with Crippen molar-refractivity contribution in [2.24, 2.45) is 11.8 Å². The molecule has 5 rings (SSSR count). The number of nitrogens with zero attached hydrogens (tertiary/aromatic N) is 3. The first-order valence-electron chi connectivity index (χ1n) is 12.2. The number of amides is 3. The minimum absolute atomic E-state index is 0.0439.